The first-order valence-electron chi connectivity index (χ1n) is 5.93. The average molecular weight is 334 g/mol. The number of amides is 1. The summed E-state index contributed by atoms with van der Waals surface area (Å²) in [7, 11) is 0. The molecule has 0 radical (unpaired) electrons. The van der Waals surface area contributed by atoms with E-state index in [1.807, 2.05) is 0 Å². The maximum Gasteiger partial charge on any atom is 0.463 e. The maximum atomic E-state index is 12.8. The smallest absolute Gasteiger partial charge is 0.421 e. The molecule has 2 aromatic rings. The van der Waals surface area contributed by atoms with Crippen molar-refractivity contribution >= 4 is 11.6 Å². The zero-order chi connectivity index (χ0) is 17.3. The van der Waals surface area contributed by atoms with Gasteiger partial charge in [0.05, 0.1) is 0 Å². The van der Waals surface area contributed by atoms with Gasteiger partial charge in [-0.05, 0) is 24.3 Å². The van der Waals surface area contributed by atoms with Crippen LogP contribution < -0.4 is 10.9 Å². The summed E-state index contributed by atoms with van der Waals surface area (Å²) < 4.78 is 66.5. The number of pyridine rings is 1. The molecule has 1 N–H and O–H groups in total. The van der Waals surface area contributed by atoms with Crippen molar-refractivity contribution in [3.63, 3.8) is 0 Å². The Kier molecular flexibility index (Phi) is 4.17. The molecule has 2 heterocycles. The molecule has 0 aromatic carbocycles. The molecule has 0 aliphatic heterocycles. The monoisotopic (exact) mass is 334 g/mol. The number of carbonyl (C=O) groups excluding carboxylic acids is 1. The van der Waals surface area contributed by atoms with Crippen LogP contribution in [0.15, 0.2) is 45.9 Å². The summed E-state index contributed by atoms with van der Waals surface area (Å²) in [5, 5.41) is 1.20. The van der Waals surface area contributed by atoms with Crippen LogP contribution in [-0.2, 0) is 4.79 Å². The van der Waals surface area contributed by atoms with Gasteiger partial charge in [0.15, 0.2) is 0 Å². The number of nitrogens with one attached hydrogen (secondary N) is 1. The molecule has 0 spiro atoms. The van der Waals surface area contributed by atoms with Crippen LogP contribution in [0.25, 0.3) is 11.3 Å². The van der Waals surface area contributed by atoms with Crippen LogP contribution in [0.2, 0.25) is 0 Å². The van der Waals surface area contributed by atoms with Gasteiger partial charge < -0.3 is 9.73 Å². The third-order valence-electron chi connectivity index (χ3n) is 2.66. The summed E-state index contributed by atoms with van der Waals surface area (Å²) in [6.45, 7) is 0. The predicted octanol–water partition coefficient (Wildman–Crippen LogP) is 2.84. The van der Waals surface area contributed by atoms with Gasteiger partial charge in [0.1, 0.15) is 11.4 Å². The Labute approximate surface area is 124 Å². The normalized spacial score (nSPS) is 12.0. The van der Waals surface area contributed by atoms with E-state index >= 15 is 0 Å². The summed E-state index contributed by atoms with van der Waals surface area (Å²) in [6, 6.07) is 5.05. The predicted molar refractivity (Wildman–Crippen MR) is 67.8 cm³/mol. The molecule has 122 valence electrons. The number of halogens is 5. The van der Waals surface area contributed by atoms with E-state index in [-0.39, 0.29) is 5.76 Å². The lowest BCUT2D eigenvalue weighted by Gasteiger charge is -2.18. The number of hydrogen-bond acceptors (Lipinski definition) is 4. The van der Waals surface area contributed by atoms with Crippen molar-refractivity contribution in [2.75, 3.05) is 5.32 Å². The van der Waals surface area contributed by atoms with Crippen molar-refractivity contribution in [2.24, 2.45) is 0 Å². The van der Waals surface area contributed by atoms with Gasteiger partial charge in [-0.15, -0.1) is 0 Å². The minimum absolute atomic E-state index is 0.00341. The van der Waals surface area contributed by atoms with E-state index in [1.54, 1.807) is 0 Å². The Hall–Kier alpha value is -2.78. The van der Waals surface area contributed by atoms with E-state index in [0.29, 0.717) is 5.56 Å². The van der Waals surface area contributed by atoms with E-state index in [1.165, 1.54) is 29.8 Å². The number of rotatable bonds is 3. The summed E-state index contributed by atoms with van der Waals surface area (Å²) in [4.78, 5) is 26.4. The average Bonchev–Trinajstić information content (AvgIpc) is 2.49. The molecule has 2 rings (SSSR count). The Morgan fingerprint density at radius 3 is 2.35 bits per heavy atom. The fraction of sp³-hybridized carbons (Fsp3) is 0.154. The van der Waals surface area contributed by atoms with E-state index < -0.39 is 29.3 Å². The summed E-state index contributed by atoms with van der Waals surface area (Å²) in [6.07, 6.45) is -3.28. The minimum atomic E-state index is -6.08. The van der Waals surface area contributed by atoms with Crippen LogP contribution >= 0.6 is 0 Å². The lowest BCUT2D eigenvalue weighted by atomic mass is 10.2. The third-order valence-corrected chi connectivity index (χ3v) is 2.66. The lowest BCUT2D eigenvalue weighted by molar-refractivity contribution is -0.267. The molecule has 0 aliphatic rings. The van der Waals surface area contributed by atoms with Gasteiger partial charge in [0, 0.05) is 18.0 Å². The highest BCUT2D eigenvalue weighted by molar-refractivity contribution is 5.96. The van der Waals surface area contributed by atoms with Gasteiger partial charge in [-0.3, -0.25) is 9.78 Å². The standard InChI is InChI=1S/C13H7F5N2O3/c14-12(15,13(16,17)18)11(22)20-8-3-4-9(23-10(8)21)7-2-1-5-19-6-7/h1-6H,(H,20,22). The maximum absolute atomic E-state index is 12.8. The molecule has 1 amide bonds. The quantitative estimate of drug-likeness (QED) is 0.876. The molecule has 10 heteroatoms. The van der Waals surface area contributed by atoms with Crippen molar-refractivity contribution in [2.45, 2.75) is 12.1 Å². The Balaban J connectivity index is 2.26. The largest absolute Gasteiger partial charge is 0.463 e. The highest BCUT2D eigenvalue weighted by Gasteiger charge is 2.63. The van der Waals surface area contributed by atoms with Gasteiger partial charge in [-0.25, -0.2) is 4.79 Å². The van der Waals surface area contributed by atoms with E-state index in [4.69, 9.17) is 4.42 Å². The van der Waals surface area contributed by atoms with Gasteiger partial charge in [-0.2, -0.15) is 22.0 Å². The first-order chi connectivity index (χ1) is 10.6. The molecule has 0 aliphatic carbocycles. The number of anilines is 1. The van der Waals surface area contributed by atoms with Gasteiger partial charge in [0.25, 0.3) is 0 Å². The van der Waals surface area contributed by atoms with E-state index in [0.717, 1.165) is 12.1 Å². The van der Waals surface area contributed by atoms with Crippen molar-refractivity contribution in [3.05, 3.63) is 47.1 Å². The number of hydrogen-bond donors (Lipinski definition) is 1. The molecular formula is C13H7F5N2O3. The Morgan fingerprint density at radius 1 is 1.13 bits per heavy atom. The summed E-state index contributed by atoms with van der Waals surface area (Å²) in [5.41, 5.74) is -1.74. The van der Waals surface area contributed by atoms with Crippen LogP contribution in [0.3, 0.4) is 0 Å². The number of alkyl halides is 5. The van der Waals surface area contributed by atoms with Crippen molar-refractivity contribution in [1.29, 1.82) is 0 Å². The number of nitrogens with zero attached hydrogens (tertiary/aromatic N) is 1. The second kappa shape index (κ2) is 5.78. The molecule has 0 fully saturated rings. The minimum Gasteiger partial charge on any atom is -0.421 e. The second-order valence-corrected chi connectivity index (χ2v) is 4.27. The molecule has 0 saturated heterocycles. The molecule has 0 saturated carbocycles. The molecular weight excluding hydrogens is 327 g/mol. The molecule has 0 atom stereocenters. The fourth-order valence-electron chi connectivity index (χ4n) is 1.50. The van der Waals surface area contributed by atoms with Crippen molar-refractivity contribution in [3.8, 4) is 11.3 Å². The van der Waals surface area contributed by atoms with E-state index in [9.17, 15) is 31.5 Å². The first kappa shape index (κ1) is 16.6. The Morgan fingerprint density at radius 2 is 1.83 bits per heavy atom. The Bertz CT molecular complexity index is 771. The molecule has 23 heavy (non-hydrogen) atoms. The van der Waals surface area contributed by atoms with Gasteiger partial charge >= 0.3 is 23.6 Å². The second-order valence-electron chi connectivity index (χ2n) is 4.27. The summed E-state index contributed by atoms with van der Waals surface area (Å²) in [5.74, 6) is -8.31. The van der Waals surface area contributed by atoms with Crippen molar-refractivity contribution in [1.82, 2.24) is 4.98 Å². The summed E-state index contributed by atoms with van der Waals surface area (Å²) >= 11 is 0. The highest BCUT2D eigenvalue weighted by atomic mass is 19.4. The zero-order valence-corrected chi connectivity index (χ0v) is 11.0. The molecule has 0 unspecified atom stereocenters. The van der Waals surface area contributed by atoms with Gasteiger partial charge in [-0.1, -0.05) is 0 Å². The van der Waals surface area contributed by atoms with Crippen molar-refractivity contribution < 1.29 is 31.2 Å². The van der Waals surface area contributed by atoms with Crippen LogP contribution in [0.5, 0.6) is 0 Å². The fourth-order valence-corrected chi connectivity index (χ4v) is 1.50. The topological polar surface area (TPSA) is 72.2 Å². The van der Waals surface area contributed by atoms with Crippen LogP contribution in [0.1, 0.15) is 0 Å². The lowest BCUT2D eigenvalue weighted by Crippen LogP contribution is -2.47. The molecule has 0 bridgehead atoms. The van der Waals surface area contributed by atoms with E-state index in [2.05, 4.69) is 4.98 Å². The molecule has 2 aromatic heterocycles. The SMILES string of the molecule is O=C(Nc1ccc(-c2cccnc2)oc1=O)C(F)(F)C(F)(F)F. The van der Waals surface area contributed by atoms with Crippen LogP contribution in [-0.4, -0.2) is 23.0 Å². The molecule has 5 nitrogen and oxygen atoms in total. The zero-order valence-electron chi connectivity index (χ0n) is 11.0. The third kappa shape index (κ3) is 3.35. The highest BCUT2D eigenvalue weighted by Crippen LogP contribution is 2.36. The van der Waals surface area contributed by atoms with Gasteiger partial charge in [0.2, 0.25) is 0 Å². The van der Waals surface area contributed by atoms with Crippen LogP contribution in [0.4, 0.5) is 27.6 Å². The first-order valence-corrected chi connectivity index (χ1v) is 5.93. The number of aromatic nitrogens is 1. The number of carbonyl (C=O) groups is 1. The van der Waals surface area contributed by atoms with Crippen LogP contribution in [0, 0.1) is 0 Å².